The number of anilines is 1. The second kappa shape index (κ2) is 6.83. The summed E-state index contributed by atoms with van der Waals surface area (Å²) in [6.45, 7) is 0. The predicted molar refractivity (Wildman–Crippen MR) is 98.7 cm³/mol. The summed E-state index contributed by atoms with van der Waals surface area (Å²) in [6, 6.07) is 7.56. The van der Waals surface area contributed by atoms with E-state index in [1.165, 1.54) is 6.20 Å². The molecule has 26 heavy (non-hydrogen) atoms. The lowest BCUT2D eigenvalue weighted by Crippen LogP contribution is -2.14. The van der Waals surface area contributed by atoms with Gasteiger partial charge in [-0.15, -0.1) is 5.10 Å². The van der Waals surface area contributed by atoms with Crippen LogP contribution in [0.3, 0.4) is 0 Å². The molecule has 1 aliphatic carbocycles. The summed E-state index contributed by atoms with van der Waals surface area (Å²) in [7, 11) is 0. The van der Waals surface area contributed by atoms with E-state index < -0.39 is 5.91 Å². The molecule has 3 aromatic rings. The molecule has 4 rings (SSSR count). The highest BCUT2D eigenvalue weighted by atomic mass is 35.5. The molecule has 0 spiro atoms. The first-order valence-corrected chi connectivity index (χ1v) is 8.87. The number of hydrogen-bond donors (Lipinski definition) is 1. The molecular formula is C16H11Cl3N6O. The van der Waals surface area contributed by atoms with Crippen molar-refractivity contribution in [1.82, 2.24) is 25.2 Å². The molecule has 0 aliphatic heterocycles. The van der Waals surface area contributed by atoms with Crippen molar-refractivity contribution in [2.45, 2.75) is 18.9 Å². The van der Waals surface area contributed by atoms with Crippen molar-refractivity contribution in [3.63, 3.8) is 0 Å². The van der Waals surface area contributed by atoms with E-state index in [-0.39, 0.29) is 20.8 Å². The van der Waals surface area contributed by atoms with Gasteiger partial charge in [0.05, 0.1) is 21.1 Å². The van der Waals surface area contributed by atoms with Crippen LogP contribution in [0.4, 0.5) is 5.69 Å². The number of tetrazole rings is 1. The quantitative estimate of drug-likeness (QED) is 0.695. The molecule has 2 heterocycles. The Morgan fingerprint density at radius 2 is 2.00 bits per heavy atom. The number of halogens is 3. The minimum Gasteiger partial charge on any atom is -0.321 e. The van der Waals surface area contributed by atoms with Crippen LogP contribution in [-0.4, -0.2) is 31.1 Å². The summed E-state index contributed by atoms with van der Waals surface area (Å²) < 4.78 is 1.80. The van der Waals surface area contributed by atoms with Crippen LogP contribution in [0, 0.1) is 0 Å². The van der Waals surface area contributed by atoms with Crippen LogP contribution >= 0.6 is 34.8 Å². The summed E-state index contributed by atoms with van der Waals surface area (Å²) >= 11 is 17.9. The Balaban J connectivity index is 1.60. The van der Waals surface area contributed by atoms with Gasteiger partial charge in [-0.3, -0.25) is 4.79 Å². The van der Waals surface area contributed by atoms with Gasteiger partial charge in [0.1, 0.15) is 5.69 Å². The van der Waals surface area contributed by atoms with Crippen molar-refractivity contribution in [2.75, 3.05) is 5.32 Å². The number of hydrogen-bond acceptors (Lipinski definition) is 5. The van der Waals surface area contributed by atoms with Gasteiger partial charge < -0.3 is 5.32 Å². The number of amides is 1. The van der Waals surface area contributed by atoms with Crippen molar-refractivity contribution in [3.8, 4) is 11.4 Å². The lowest BCUT2D eigenvalue weighted by Gasteiger charge is -2.09. The van der Waals surface area contributed by atoms with Crippen LogP contribution in [0.15, 0.2) is 30.5 Å². The third-order valence-electron chi connectivity index (χ3n) is 3.90. The monoisotopic (exact) mass is 408 g/mol. The number of pyridine rings is 1. The Labute approximate surface area is 163 Å². The molecule has 7 nitrogen and oxygen atoms in total. The molecule has 1 N–H and O–H groups in total. The molecule has 0 unspecified atom stereocenters. The van der Waals surface area contributed by atoms with Gasteiger partial charge in [-0.2, -0.15) is 0 Å². The maximum Gasteiger partial charge on any atom is 0.275 e. The lowest BCUT2D eigenvalue weighted by molar-refractivity contribution is 0.102. The number of rotatable bonds is 4. The maximum atomic E-state index is 12.5. The topological polar surface area (TPSA) is 85.6 Å². The average Bonchev–Trinajstić information content (AvgIpc) is 3.36. The highest BCUT2D eigenvalue weighted by Crippen LogP contribution is 2.37. The molecule has 132 valence electrons. The fraction of sp³-hybridized carbons (Fsp3) is 0.188. The number of nitrogens with zero attached hydrogens (tertiary/aromatic N) is 5. The molecule has 0 atom stereocenters. The SMILES string of the molecule is O=C(Nc1cccc(-c2nnnn2C2CC2)c1)c1ncc(Cl)c(Cl)c1Cl. The first-order chi connectivity index (χ1) is 12.5. The molecule has 0 saturated heterocycles. The highest BCUT2D eigenvalue weighted by Gasteiger charge is 2.28. The number of carbonyl (C=O) groups excluding carboxylic acids is 1. The van der Waals surface area contributed by atoms with Crippen LogP contribution in [-0.2, 0) is 0 Å². The molecule has 1 fully saturated rings. The second-order valence-electron chi connectivity index (χ2n) is 5.80. The summed E-state index contributed by atoms with van der Waals surface area (Å²) in [5.41, 5.74) is 1.35. The molecule has 0 radical (unpaired) electrons. The predicted octanol–water partition coefficient (Wildman–Crippen LogP) is 4.28. The molecular weight excluding hydrogens is 399 g/mol. The zero-order valence-corrected chi connectivity index (χ0v) is 15.4. The molecule has 2 aromatic heterocycles. The Morgan fingerprint density at radius 1 is 1.19 bits per heavy atom. The maximum absolute atomic E-state index is 12.5. The normalized spacial score (nSPS) is 13.7. The Bertz CT molecular complexity index is 1000. The van der Waals surface area contributed by atoms with E-state index in [1.54, 1.807) is 22.9 Å². The molecule has 1 aliphatic rings. The van der Waals surface area contributed by atoms with Crippen LogP contribution in [0.25, 0.3) is 11.4 Å². The standard InChI is InChI=1S/C16H11Cl3N6O/c17-11-7-20-14(13(19)12(11)18)16(26)21-9-3-1-2-8(6-9)15-22-23-24-25(15)10-4-5-10/h1-3,6-7,10H,4-5H2,(H,21,26). The van der Waals surface area contributed by atoms with Crippen molar-refractivity contribution < 1.29 is 4.79 Å². The van der Waals surface area contributed by atoms with Crippen LogP contribution < -0.4 is 5.32 Å². The van der Waals surface area contributed by atoms with Gasteiger partial charge in [-0.25, -0.2) is 9.67 Å². The fourth-order valence-corrected chi connectivity index (χ4v) is 3.04. The minimum atomic E-state index is -0.493. The van der Waals surface area contributed by atoms with E-state index in [2.05, 4.69) is 25.8 Å². The van der Waals surface area contributed by atoms with E-state index >= 15 is 0 Å². The number of benzene rings is 1. The van der Waals surface area contributed by atoms with Crippen molar-refractivity contribution >= 4 is 46.4 Å². The van der Waals surface area contributed by atoms with Crippen molar-refractivity contribution in [3.05, 3.63) is 51.2 Å². The van der Waals surface area contributed by atoms with Crippen molar-refractivity contribution in [1.29, 1.82) is 0 Å². The summed E-state index contributed by atoms with van der Waals surface area (Å²) in [5, 5.41) is 14.9. The summed E-state index contributed by atoms with van der Waals surface area (Å²) in [6.07, 6.45) is 3.41. The first-order valence-electron chi connectivity index (χ1n) is 7.73. The van der Waals surface area contributed by atoms with Gasteiger partial charge in [0.15, 0.2) is 5.82 Å². The molecule has 1 amide bonds. The van der Waals surface area contributed by atoms with E-state index in [1.807, 2.05) is 6.07 Å². The van der Waals surface area contributed by atoms with Gasteiger partial charge >= 0.3 is 0 Å². The van der Waals surface area contributed by atoms with Crippen molar-refractivity contribution in [2.24, 2.45) is 0 Å². The largest absolute Gasteiger partial charge is 0.321 e. The zero-order valence-electron chi connectivity index (χ0n) is 13.2. The molecule has 10 heteroatoms. The molecule has 1 aromatic carbocycles. The highest BCUT2D eigenvalue weighted by molar-refractivity contribution is 6.49. The summed E-state index contributed by atoms with van der Waals surface area (Å²) in [5.74, 6) is 0.168. The molecule has 1 saturated carbocycles. The third-order valence-corrected chi connectivity index (χ3v) is 5.14. The van der Waals surface area contributed by atoms with E-state index in [4.69, 9.17) is 34.8 Å². The smallest absolute Gasteiger partial charge is 0.275 e. The van der Waals surface area contributed by atoms with E-state index in [9.17, 15) is 4.79 Å². The van der Waals surface area contributed by atoms with Crippen LogP contribution in [0.5, 0.6) is 0 Å². The van der Waals surface area contributed by atoms with Gasteiger partial charge in [-0.1, -0.05) is 46.9 Å². The summed E-state index contributed by atoms with van der Waals surface area (Å²) in [4.78, 5) is 16.4. The van der Waals surface area contributed by atoms with Crippen LogP contribution in [0.1, 0.15) is 29.4 Å². The lowest BCUT2D eigenvalue weighted by atomic mass is 10.2. The average molecular weight is 410 g/mol. The Hall–Kier alpha value is -2.22. The van der Waals surface area contributed by atoms with Gasteiger partial charge in [0, 0.05) is 17.4 Å². The van der Waals surface area contributed by atoms with Gasteiger partial charge in [-0.05, 0) is 35.4 Å². The zero-order chi connectivity index (χ0) is 18.3. The third kappa shape index (κ3) is 3.25. The van der Waals surface area contributed by atoms with Crippen LogP contribution in [0.2, 0.25) is 15.1 Å². The number of carbonyl (C=O) groups is 1. The molecule has 0 bridgehead atoms. The number of nitrogens with one attached hydrogen (secondary N) is 1. The van der Waals surface area contributed by atoms with Gasteiger partial charge in [0.2, 0.25) is 0 Å². The Kier molecular flexibility index (Phi) is 4.52. The van der Waals surface area contributed by atoms with Gasteiger partial charge in [0.25, 0.3) is 5.91 Å². The van der Waals surface area contributed by atoms with E-state index in [0.29, 0.717) is 17.6 Å². The Morgan fingerprint density at radius 3 is 2.77 bits per heavy atom. The minimum absolute atomic E-state index is 0.00509. The number of aromatic nitrogens is 5. The van der Waals surface area contributed by atoms with E-state index in [0.717, 1.165) is 18.4 Å². The fourth-order valence-electron chi connectivity index (χ4n) is 2.48. The first kappa shape index (κ1) is 17.2. The second-order valence-corrected chi connectivity index (χ2v) is 6.96.